The Bertz CT molecular complexity index is 555. The fourth-order valence-corrected chi connectivity index (χ4v) is 1.95. The summed E-state index contributed by atoms with van der Waals surface area (Å²) in [4.78, 5) is 0. The van der Waals surface area contributed by atoms with Crippen LogP contribution in [0.15, 0.2) is 36.4 Å². The van der Waals surface area contributed by atoms with Crippen molar-refractivity contribution in [3.8, 4) is 11.5 Å². The first-order valence-corrected chi connectivity index (χ1v) is 7.25. The topological polar surface area (TPSA) is 44.5 Å². The van der Waals surface area contributed by atoms with E-state index in [4.69, 9.17) is 15.2 Å². The summed E-state index contributed by atoms with van der Waals surface area (Å²) in [5.41, 5.74) is 10.2. The number of nitrogens with two attached hydrogens (primary N) is 1. The molecule has 0 atom stereocenters. The maximum atomic E-state index is 5.85. The van der Waals surface area contributed by atoms with Gasteiger partial charge < -0.3 is 15.2 Å². The maximum absolute atomic E-state index is 5.85. The van der Waals surface area contributed by atoms with Gasteiger partial charge in [-0.15, -0.1) is 0 Å². The second-order valence-corrected chi connectivity index (χ2v) is 5.31. The molecule has 0 saturated heterocycles. The summed E-state index contributed by atoms with van der Waals surface area (Å²) in [5.74, 6) is 1.72. The Labute approximate surface area is 126 Å². The van der Waals surface area contributed by atoms with E-state index in [-0.39, 0.29) is 0 Å². The lowest BCUT2D eigenvalue weighted by atomic mass is 10.1. The van der Waals surface area contributed by atoms with Crippen LogP contribution in [-0.2, 0) is 0 Å². The molecule has 0 aliphatic carbocycles. The molecule has 2 aromatic rings. The van der Waals surface area contributed by atoms with Crippen molar-refractivity contribution in [2.75, 3.05) is 18.9 Å². The molecule has 3 heteroatoms. The number of anilines is 1. The average molecular weight is 285 g/mol. The van der Waals surface area contributed by atoms with Crippen molar-refractivity contribution in [3.05, 3.63) is 53.1 Å². The third kappa shape index (κ3) is 4.42. The molecule has 3 nitrogen and oxygen atoms in total. The molecule has 0 aliphatic heterocycles. The van der Waals surface area contributed by atoms with Crippen LogP contribution in [0.4, 0.5) is 5.69 Å². The van der Waals surface area contributed by atoms with E-state index < -0.39 is 0 Å². The van der Waals surface area contributed by atoms with E-state index in [0.29, 0.717) is 13.2 Å². The number of rotatable bonds is 6. The van der Waals surface area contributed by atoms with Crippen LogP contribution in [0.25, 0.3) is 0 Å². The van der Waals surface area contributed by atoms with Gasteiger partial charge in [0, 0.05) is 18.2 Å². The minimum absolute atomic E-state index is 0.618. The van der Waals surface area contributed by atoms with Crippen molar-refractivity contribution < 1.29 is 9.47 Å². The highest BCUT2D eigenvalue weighted by Crippen LogP contribution is 2.19. The van der Waals surface area contributed by atoms with Crippen molar-refractivity contribution in [1.29, 1.82) is 0 Å². The zero-order valence-electron chi connectivity index (χ0n) is 13.0. The predicted molar refractivity (Wildman–Crippen MR) is 87.1 cm³/mol. The Morgan fingerprint density at radius 2 is 1.33 bits per heavy atom. The monoisotopic (exact) mass is 285 g/mol. The average Bonchev–Trinajstić information content (AvgIpc) is 2.46. The Kier molecular flexibility index (Phi) is 5.09. The van der Waals surface area contributed by atoms with Crippen LogP contribution in [0.5, 0.6) is 11.5 Å². The highest BCUT2D eigenvalue weighted by atomic mass is 16.5. The minimum Gasteiger partial charge on any atom is -0.493 e. The summed E-state index contributed by atoms with van der Waals surface area (Å²) >= 11 is 0. The lowest BCUT2D eigenvalue weighted by Gasteiger charge is -2.10. The minimum atomic E-state index is 0.618. The van der Waals surface area contributed by atoms with E-state index in [9.17, 15) is 0 Å². The molecular weight excluding hydrogens is 262 g/mol. The van der Waals surface area contributed by atoms with Gasteiger partial charge in [0.2, 0.25) is 0 Å². The molecule has 112 valence electrons. The summed E-state index contributed by atoms with van der Waals surface area (Å²) in [5, 5.41) is 0. The molecule has 0 fully saturated rings. The Morgan fingerprint density at radius 3 is 1.90 bits per heavy atom. The molecule has 0 radical (unpaired) electrons. The van der Waals surface area contributed by atoms with Crippen LogP contribution in [-0.4, -0.2) is 13.2 Å². The van der Waals surface area contributed by atoms with Gasteiger partial charge in [0.05, 0.1) is 13.2 Å². The third-order valence-corrected chi connectivity index (χ3v) is 3.56. The van der Waals surface area contributed by atoms with Crippen molar-refractivity contribution in [1.82, 2.24) is 0 Å². The van der Waals surface area contributed by atoms with Gasteiger partial charge >= 0.3 is 0 Å². The van der Waals surface area contributed by atoms with E-state index in [1.165, 1.54) is 11.1 Å². The molecule has 0 amide bonds. The fourth-order valence-electron chi connectivity index (χ4n) is 1.95. The standard InChI is InChI=1S/C18H23NO2/c1-13-5-7-16(11-15(13)3)20-9-4-10-21-17-8-6-14(2)18(19)12-17/h5-8,11-12H,4,9-10,19H2,1-3H3. The van der Waals surface area contributed by atoms with Crippen LogP contribution < -0.4 is 15.2 Å². The molecule has 0 unspecified atom stereocenters. The van der Waals surface area contributed by atoms with Crippen LogP contribution in [0, 0.1) is 20.8 Å². The second-order valence-electron chi connectivity index (χ2n) is 5.31. The molecule has 2 N–H and O–H groups in total. The van der Waals surface area contributed by atoms with E-state index in [1.54, 1.807) is 0 Å². The smallest absolute Gasteiger partial charge is 0.121 e. The first-order chi connectivity index (χ1) is 10.1. The van der Waals surface area contributed by atoms with Gasteiger partial charge in [0.1, 0.15) is 11.5 Å². The van der Waals surface area contributed by atoms with E-state index in [0.717, 1.165) is 29.2 Å². The second kappa shape index (κ2) is 7.02. The highest BCUT2D eigenvalue weighted by Gasteiger charge is 1.99. The summed E-state index contributed by atoms with van der Waals surface area (Å²) in [7, 11) is 0. The zero-order valence-corrected chi connectivity index (χ0v) is 13.0. The number of hydrogen-bond donors (Lipinski definition) is 1. The van der Waals surface area contributed by atoms with Crippen molar-refractivity contribution >= 4 is 5.69 Å². The predicted octanol–water partition coefficient (Wildman–Crippen LogP) is 4.04. The molecule has 0 aliphatic rings. The quantitative estimate of drug-likeness (QED) is 0.643. The van der Waals surface area contributed by atoms with E-state index >= 15 is 0 Å². The molecule has 0 spiro atoms. The summed E-state index contributed by atoms with van der Waals surface area (Å²) in [6.45, 7) is 7.43. The number of hydrogen-bond acceptors (Lipinski definition) is 3. The lowest BCUT2D eigenvalue weighted by Crippen LogP contribution is -2.05. The molecule has 0 saturated carbocycles. The van der Waals surface area contributed by atoms with Crippen LogP contribution in [0.1, 0.15) is 23.1 Å². The zero-order chi connectivity index (χ0) is 15.2. The Morgan fingerprint density at radius 1 is 0.762 bits per heavy atom. The van der Waals surface area contributed by atoms with Crippen LogP contribution in [0.2, 0.25) is 0 Å². The molecule has 0 aromatic heterocycles. The van der Waals surface area contributed by atoms with Gasteiger partial charge in [-0.3, -0.25) is 0 Å². The summed E-state index contributed by atoms with van der Waals surface area (Å²) in [6, 6.07) is 11.9. The number of ether oxygens (including phenoxy) is 2. The SMILES string of the molecule is Cc1ccc(OCCCOc2ccc(C)c(N)c2)cc1C. The van der Waals surface area contributed by atoms with E-state index in [2.05, 4.69) is 26.0 Å². The summed E-state index contributed by atoms with van der Waals surface area (Å²) in [6.07, 6.45) is 0.834. The Hall–Kier alpha value is -2.16. The normalized spacial score (nSPS) is 10.4. The summed E-state index contributed by atoms with van der Waals surface area (Å²) < 4.78 is 11.4. The van der Waals surface area contributed by atoms with Gasteiger partial charge in [-0.2, -0.15) is 0 Å². The molecule has 0 bridgehead atoms. The van der Waals surface area contributed by atoms with Crippen LogP contribution >= 0.6 is 0 Å². The van der Waals surface area contributed by atoms with Crippen molar-refractivity contribution in [2.45, 2.75) is 27.2 Å². The molecule has 21 heavy (non-hydrogen) atoms. The van der Waals surface area contributed by atoms with Crippen molar-refractivity contribution in [3.63, 3.8) is 0 Å². The molecule has 2 rings (SSSR count). The van der Waals surface area contributed by atoms with Gasteiger partial charge in [0.15, 0.2) is 0 Å². The van der Waals surface area contributed by atoms with Gasteiger partial charge in [-0.05, 0) is 55.7 Å². The van der Waals surface area contributed by atoms with Gasteiger partial charge in [-0.1, -0.05) is 12.1 Å². The number of benzene rings is 2. The lowest BCUT2D eigenvalue weighted by molar-refractivity contribution is 0.247. The number of aryl methyl sites for hydroxylation is 3. The van der Waals surface area contributed by atoms with Crippen LogP contribution in [0.3, 0.4) is 0 Å². The first kappa shape index (κ1) is 15.2. The first-order valence-electron chi connectivity index (χ1n) is 7.25. The molecule has 2 aromatic carbocycles. The maximum Gasteiger partial charge on any atom is 0.121 e. The Balaban J connectivity index is 1.72. The van der Waals surface area contributed by atoms with E-state index in [1.807, 2.05) is 31.2 Å². The fraction of sp³-hybridized carbons (Fsp3) is 0.333. The largest absolute Gasteiger partial charge is 0.493 e. The number of nitrogen functional groups attached to an aromatic ring is 1. The highest BCUT2D eigenvalue weighted by molar-refractivity contribution is 5.50. The third-order valence-electron chi connectivity index (χ3n) is 3.56. The molecular formula is C18H23NO2. The molecule has 0 heterocycles. The van der Waals surface area contributed by atoms with Gasteiger partial charge in [0.25, 0.3) is 0 Å². The van der Waals surface area contributed by atoms with Gasteiger partial charge in [-0.25, -0.2) is 0 Å². The van der Waals surface area contributed by atoms with Crippen molar-refractivity contribution in [2.24, 2.45) is 0 Å².